The lowest BCUT2D eigenvalue weighted by Gasteiger charge is -2.29. The topological polar surface area (TPSA) is 65.8 Å². The summed E-state index contributed by atoms with van der Waals surface area (Å²) >= 11 is 0. The van der Waals surface area contributed by atoms with Gasteiger partial charge in [-0.3, -0.25) is 9.78 Å². The standard InChI is InChI=1S/C20H21N3O/c1-14-5-2-3-7-18(14)23-20(24)17(13-21)12-15-8-9-19-16(11-15)6-4-10-22-19/h4,6,8-12,14,18H,2-3,5,7H2,1H3,(H,23,24)/b17-12-. The molecule has 1 N–H and O–H groups in total. The molecular weight excluding hydrogens is 298 g/mol. The van der Waals surface area contributed by atoms with Gasteiger partial charge in [-0.25, -0.2) is 0 Å². The largest absolute Gasteiger partial charge is 0.348 e. The van der Waals surface area contributed by atoms with Gasteiger partial charge in [0.25, 0.3) is 5.91 Å². The van der Waals surface area contributed by atoms with E-state index in [2.05, 4.69) is 17.2 Å². The SMILES string of the molecule is CC1CCCCC1NC(=O)/C(C#N)=C\c1ccc2ncccc2c1. The predicted octanol–water partition coefficient (Wildman–Crippen LogP) is 3.84. The van der Waals surface area contributed by atoms with E-state index in [1.165, 1.54) is 6.42 Å². The Bertz CT molecular complexity index is 819. The van der Waals surface area contributed by atoms with Gasteiger partial charge in [-0.2, -0.15) is 5.26 Å². The number of rotatable bonds is 3. The lowest BCUT2D eigenvalue weighted by Crippen LogP contribution is -2.41. The molecule has 1 heterocycles. The van der Waals surface area contributed by atoms with Crippen LogP contribution in [0.15, 0.2) is 42.1 Å². The molecule has 1 aliphatic rings. The maximum absolute atomic E-state index is 12.4. The summed E-state index contributed by atoms with van der Waals surface area (Å²) in [5, 5.41) is 13.4. The number of aromatic nitrogens is 1. The highest BCUT2D eigenvalue weighted by Crippen LogP contribution is 2.24. The van der Waals surface area contributed by atoms with E-state index in [4.69, 9.17) is 0 Å². The molecular formula is C20H21N3O. The van der Waals surface area contributed by atoms with Gasteiger partial charge in [0.2, 0.25) is 0 Å². The Hall–Kier alpha value is -2.67. The number of carbonyl (C=O) groups is 1. The minimum Gasteiger partial charge on any atom is -0.348 e. The number of fused-ring (bicyclic) bond motifs is 1. The van der Waals surface area contributed by atoms with Crippen LogP contribution in [0.25, 0.3) is 17.0 Å². The molecule has 1 aliphatic carbocycles. The molecule has 2 atom stereocenters. The second-order valence-corrected chi connectivity index (χ2v) is 6.47. The highest BCUT2D eigenvalue weighted by molar-refractivity contribution is 6.02. The minimum absolute atomic E-state index is 0.149. The fourth-order valence-electron chi connectivity index (χ4n) is 3.28. The van der Waals surface area contributed by atoms with Crippen LogP contribution < -0.4 is 5.32 Å². The van der Waals surface area contributed by atoms with Gasteiger partial charge in [0, 0.05) is 17.6 Å². The molecule has 0 bridgehead atoms. The van der Waals surface area contributed by atoms with Crippen molar-refractivity contribution < 1.29 is 4.79 Å². The second kappa shape index (κ2) is 7.27. The van der Waals surface area contributed by atoms with Gasteiger partial charge in [0.1, 0.15) is 11.6 Å². The third kappa shape index (κ3) is 3.62. The third-order valence-corrected chi connectivity index (χ3v) is 4.73. The first-order chi connectivity index (χ1) is 11.7. The molecule has 1 aromatic carbocycles. The molecule has 2 aromatic rings. The Balaban J connectivity index is 1.79. The van der Waals surface area contributed by atoms with E-state index in [-0.39, 0.29) is 17.5 Å². The number of nitrogens with zero attached hydrogens (tertiary/aromatic N) is 2. The monoisotopic (exact) mass is 319 g/mol. The Morgan fingerprint density at radius 2 is 2.17 bits per heavy atom. The molecule has 0 spiro atoms. The second-order valence-electron chi connectivity index (χ2n) is 6.47. The van der Waals surface area contributed by atoms with Crippen molar-refractivity contribution in [3.63, 3.8) is 0 Å². The number of nitrogens with one attached hydrogen (secondary N) is 1. The summed E-state index contributed by atoms with van der Waals surface area (Å²) in [4.78, 5) is 16.7. The maximum atomic E-state index is 12.4. The van der Waals surface area contributed by atoms with Crippen molar-refractivity contribution in [1.29, 1.82) is 5.26 Å². The van der Waals surface area contributed by atoms with Crippen LogP contribution in [0.3, 0.4) is 0 Å². The molecule has 4 nitrogen and oxygen atoms in total. The minimum atomic E-state index is -0.275. The molecule has 24 heavy (non-hydrogen) atoms. The molecule has 1 amide bonds. The fraction of sp³-hybridized carbons (Fsp3) is 0.350. The van der Waals surface area contributed by atoms with Crippen molar-refractivity contribution in [3.05, 3.63) is 47.7 Å². The highest BCUT2D eigenvalue weighted by atomic mass is 16.1. The average Bonchev–Trinajstić information content (AvgIpc) is 2.61. The molecule has 2 unspecified atom stereocenters. The lowest BCUT2D eigenvalue weighted by molar-refractivity contribution is -0.118. The van der Waals surface area contributed by atoms with Gasteiger partial charge in [-0.15, -0.1) is 0 Å². The van der Waals surface area contributed by atoms with Gasteiger partial charge < -0.3 is 5.32 Å². The molecule has 122 valence electrons. The molecule has 3 rings (SSSR count). The lowest BCUT2D eigenvalue weighted by atomic mass is 9.86. The van der Waals surface area contributed by atoms with E-state index in [1.807, 2.05) is 36.4 Å². The van der Waals surface area contributed by atoms with E-state index in [0.717, 1.165) is 35.7 Å². The molecule has 1 fully saturated rings. The van der Waals surface area contributed by atoms with Crippen LogP contribution in [0.5, 0.6) is 0 Å². The van der Waals surface area contributed by atoms with Crippen molar-refractivity contribution >= 4 is 22.9 Å². The van der Waals surface area contributed by atoms with E-state index >= 15 is 0 Å². The fourth-order valence-corrected chi connectivity index (χ4v) is 3.28. The smallest absolute Gasteiger partial charge is 0.262 e. The first kappa shape index (κ1) is 16.2. The summed E-state index contributed by atoms with van der Waals surface area (Å²) in [5.41, 5.74) is 1.88. The average molecular weight is 319 g/mol. The summed E-state index contributed by atoms with van der Waals surface area (Å²) in [7, 11) is 0. The summed E-state index contributed by atoms with van der Waals surface area (Å²) in [6, 6.07) is 11.8. The normalized spacial score (nSPS) is 21.2. The highest BCUT2D eigenvalue weighted by Gasteiger charge is 2.24. The van der Waals surface area contributed by atoms with Crippen LogP contribution in [0.4, 0.5) is 0 Å². The molecule has 0 radical (unpaired) electrons. The first-order valence-corrected chi connectivity index (χ1v) is 8.45. The van der Waals surface area contributed by atoms with Crippen LogP contribution in [0.1, 0.15) is 38.2 Å². The van der Waals surface area contributed by atoms with E-state index < -0.39 is 0 Å². The van der Waals surface area contributed by atoms with Crippen molar-refractivity contribution in [2.24, 2.45) is 5.92 Å². The zero-order valence-electron chi connectivity index (χ0n) is 13.8. The van der Waals surface area contributed by atoms with Crippen molar-refractivity contribution in [2.75, 3.05) is 0 Å². The zero-order chi connectivity index (χ0) is 16.9. The van der Waals surface area contributed by atoms with Gasteiger partial charge in [-0.05, 0) is 48.6 Å². The summed E-state index contributed by atoms with van der Waals surface area (Å²) in [6.45, 7) is 2.16. The number of nitriles is 1. The van der Waals surface area contributed by atoms with Crippen LogP contribution in [0.2, 0.25) is 0 Å². The van der Waals surface area contributed by atoms with Gasteiger partial charge in [0.15, 0.2) is 0 Å². The number of carbonyl (C=O) groups excluding carboxylic acids is 1. The van der Waals surface area contributed by atoms with Crippen molar-refractivity contribution in [1.82, 2.24) is 10.3 Å². The van der Waals surface area contributed by atoms with Gasteiger partial charge in [-0.1, -0.05) is 31.9 Å². The third-order valence-electron chi connectivity index (χ3n) is 4.73. The van der Waals surface area contributed by atoms with E-state index in [1.54, 1.807) is 12.3 Å². The molecule has 1 saturated carbocycles. The Morgan fingerprint density at radius 3 is 2.96 bits per heavy atom. The maximum Gasteiger partial charge on any atom is 0.262 e. The summed E-state index contributed by atoms with van der Waals surface area (Å²) in [5.74, 6) is 0.192. The number of hydrogen-bond acceptors (Lipinski definition) is 3. The van der Waals surface area contributed by atoms with E-state index in [0.29, 0.717) is 5.92 Å². The van der Waals surface area contributed by atoms with E-state index in [9.17, 15) is 10.1 Å². The Morgan fingerprint density at radius 1 is 1.33 bits per heavy atom. The number of pyridine rings is 1. The zero-order valence-corrected chi connectivity index (χ0v) is 13.8. The van der Waals surface area contributed by atoms with Crippen LogP contribution >= 0.6 is 0 Å². The molecule has 0 saturated heterocycles. The Kier molecular flexibility index (Phi) is 4.90. The quantitative estimate of drug-likeness (QED) is 0.690. The summed E-state index contributed by atoms with van der Waals surface area (Å²) < 4.78 is 0. The molecule has 4 heteroatoms. The van der Waals surface area contributed by atoms with Crippen LogP contribution in [0, 0.1) is 17.2 Å². The van der Waals surface area contributed by atoms with Crippen LogP contribution in [-0.4, -0.2) is 16.9 Å². The first-order valence-electron chi connectivity index (χ1n) is 8.45. The predicted molar refractivity (Wildman–Crippen MR) is 94.9 cm³/mol. The van der Waals surface area contributed by atoms with Crippen molar-refractivity contribution in [2.45, 2.75) is 38.6 Å². The van der Waals surface area contributed by atoms with Gasteiger partial charge in [0.05, 0.1) is 5.52 Å². The summed E-state index contributed by atoms with van der Waals surface area (Å²) in [6.07, 6.45) is 7.88. The number of benzene rings is 1. The van der Waals surface area contributed by atoms with Crippen LogP contribution in [-0.2, 0) is 4.79 Å². The van der Waals surface area contributed by atoms with Gasteiger partial charge >= 0.3 is 0 Å². The number of amides is 1. The number of hydrogen-bond donors (Lipinski definition) is 1. The van der Waals surface area contributed by atoms with Crippen molar-refractivity contribution in [3.8, 4) is 6.07 Å². The molecule has 0 aliphatic heterocycles. The Labute approximate surface area is 142 Å². The molecule has 1 aromatic heterocycles.